The highest BCUT2D eigenvalue weighted by Gasteiger charge is 2.27. The van der Waals surface area contributed by atoms with Crippen LogP contribution in [0.2, 0.25) is 0 Å². The molecule has 6 nitrogen and oxygen atoms in total. The third-order valence-corrected chi connectivity index (χ3v) is 3.28. The molecule has 1 heterocycles. The number of nitrogens with one attached hydrogen (secondary N) is 1. The van der Waals surface area contributed by atoms with E-state index < -0.39 is 4.92 Å². The van der Waals surface area contributed by atoms with Gasteiger partial charge in [-0.1, -0.05) is 6.07 Å². The van der Waals surface area contributed by atoms with Gasteiger partial charge in [-0.05, 0) is 25.1 Å². The van der Waals surface area contributed by atoms with E-state index in [1.807, 2.05) is 18.0 Å². The normalized spacial score (nSPS) is 18.3. The number of nitriles is 1. The van der Waals surface area contributed by atoms with E-state index in [1.165, 1.54) is 6.07 Å². The zero-order chi connectivity index (χ0) is 13.1. The minimum absolute atomic E-state index is 0.102. The minimum Gasteiger partial charge on any atom is -0.365 e. The van der Waals surface area contributed by atoms with Gasteiger partial charge in [0.05, 0.1) is 4.92 Å². The van der Waals surface area contributed by atoms with Crippen LogP contribution in [0, 0.1) is 21.4 Å². The van der Waals surface area contributed by atoms with Gasteiger partial charge in [0.25, 0.3) is 0 Å². The zero-order valence-electron chi connectivity index (χ0n) is 10.1. The zero-order valence-corrected chi connectivity index (χ0v) is 10.1. The van der Waals surface area contributed by atoms with Crippen LogP contribution in [0.15, 0.2) is 18.2 Å². The van der Waals surface area contributed by atoms with Gasteiger partial charge in [-0.3, -0.25) is 10.1 Å². The van der Waals surface area contributed by atoms with Gasteiger partial charge in [-0.15, -0.1) is 0 Å². The molecule has 0 saturated carbocycles. The molecular formula is C12H14N4O2. The van der Waals surface area contributed by atoms with Crippen LogP contribution in [-0.2, 0) is 0 Å². The van der Waals surface area contributed by atoms with E-state index >= 15 is 0 Å². The maximum atomic E-state index is 11.1. The second-order valence-electron chi connectivity index (χ2n) is 4.30. The molecule has 1 saturated heterocycles. The summed E-state index contributed by atoms with van der Waals surface area (Å²) in [6.45, 7) is 1.73. The molecule has 0 aliphatic carbocycles. The Morgan fingerprint density at radius 2 is 2.39 bits per heavy atom. The molecule has 1 fully saturated rings. The number of para-hydroxylation sites is 1. The van der Waals surface area contributed by atoms with Gasteiger partial charge in [0.1, 0.15) is 17.3 Å². The van der Waals surface area contributed by atoms with Crippen LogP contribution in [0.4, 0.5) is 11.4 Å². The summed E-state index contributed by atoms with van der Waals surface area (Å²) in [7, 11) is 1.83. The Labute approximate surface area is 105 Å². The number of rotatable bonds is 3. The van der Waals surface area contributed by atoms with Gasteiger partial charge in [0.2, 0.25) is 0 Å². The van der Waals surface area contributed by atoms with E-state index in [9.17, 15) is 10.1 Å². The minimum atomic E-state index is -0.479. The number of likely N-dealkylation sites (N-methyl/N-ethyl adjacent to an activating group) is 1. The Morgan fingerprint density at radius 1 is 1.61 bits per heavy atom. The van der Waals surface area contributed by atoms with E-state index in [0.29, 0.717) is 5.69 Å². The predicted octanol–water partition coefficient (Wildman–Crippen LogP) is 1.26. The van der Waals surface area contributed by atoms with Crippen LogP contribution < -0.4 is 10.2 Å². The molecule has 1 unspecified atom stereocenters. The Balaban J connectivity index is 2.43. The Bertz CT molecular complexity index is 503. The maximum Gasteiger partial charge on any atom is 0.310 e. The number of hydrogen-bond donors (Lipinski definition) is 1. The summed E-state index contributed by atoms with van der Waals surface area (Å²) >= 11 is 0. The second-order valence-corrected chi connectivity index (χ2v) is 4.30. The first-order chi connectivity index (χ1) is 8.65. The van der Waals surface area contributed by atoms with Crippen molar-refractivity contribution in [2.45, 2.75) is 12.5 Å². The van der Waals surface area contributed by atoms with Crippen molar-refractivity contribution in [2.24, 2.45) is 0 Å². The molecule has 1 atom stereocenters. The molecule has 1 aromatic carbocycles. The average Bonchev–Trinajstić information content (AvgIpc) is 2.90. The lowest BCUT2D eigenvalue weighted by atomic mass is 10.1. The molecule has 0 amide bonds. The van der Waals surface area contributed by atoms with Crippen LogP contribution in [0.1, 0.15) is 12.0 Å². The molecule has 1 aliphatic rings. The van der Waals surface area contributed by atoms with E-state index in [0.717, 1.165) is 19.5 Å². The van der Waals surface area contributed by atoms with Crippen LogP contribution in [-0.4, -0.2) is 31.1 Å². The molecule has 6 heteroatoms. The molecule has 0 aromatic heterocycles. The van der Waals surface area contributed by atoms with Crippen molar-refractivity contribution in [1.82, 2.24) is 5.32 Å². The highest BCUT2D eigenvalue weighted by atomic mass is 16.6. The maximum absolute atomic E-state index is 11.1. The van der Waals surface area contributed by atoms with Crippen molar-refractivity contribution < 1.29 is 4.92 Å². The molecule has 18 heavy (non-hydrogen) atoms. The Kier molecular flexibility index (Phi) is 3.44. The van der Waals surface area contributed by atoms with E-state index in [4.69, 9.17) is 5.26 Å². The molecule has 94 valence electrons. The fourth-order valence-electron chi connectivity index (χ4n) is 2.26. The largest absolute Gasteiger partial charge is 0.365 e. The lowest BCUT2D eigenvalue weighted by Gasteiger charge is -2.25. The van der Waals surface area contributed by atoms with Gasteiger partial charge >= 0.3 is 5.69 Å². The summed E-state index contributed by atoms with van der Waals surface area (Å²) in [6.07, 6.45) is 0.949. The highest BCUT2D eigenvalue weighted by Crippen LogP contribution is 2.32. The summed E-state index contributed by atoms with van der Waals surface area (Å²) in [6, 6.07) is 6.96. The number of anilines is 1. The van der Waals surface area contributed by atoms with Crippen LogP contribution in [0.3, 0.4) is 0 Å². The van der Waals surface area contributed by atoms with E-state index in [1.54, 1.807) is 12.1 Å². The van der Waals surface area contributed by atoms with Crippen molar-refractivity contribution in [3.8, 4) is 6.07 Å². The number of nitro benzene ring substituents is 1. The average molecular weight is 246 g/mol. The van der Waals surface area contributed by atoms with Gasteiger partial charge < -0.3 is 10.2 Å². The summed E-state index contributed by atoms with van der Waals surface area (Å²) in [4.78, 5) is 12.5. The molecule has 1 N–H and O–H groups in total. The second kappa shape index (κ2) is 5.02. The van der Waals surface area contributed by atoms with Gasteiger partial charge in [-0.2, -0.15) is 5.26 Å². The smallest absolute Gasteiger partial charge is 0.310 e. The predicted molar refractivity (Wildman–Crippen MR) is 67.5 cm³/mol. The summed E-state index contributed by atoms with van der Waals surface area (Å²) in [5.41, 5.74) is 0.512. The molecular weight excluding hydrogens is 232 g/mol. The first-order valence-corrected chi connectivity index (χ1v) is 5.76. The number of nitro groups is 1. The lowest BCUT2D eigenvalue weighted by molar-refractivity contribution is -0.384. The lowest BCUT2D eigenvalue weighted by Crippen LogP contribution is -2.33. The summed E-state index contributed by atoms with van der Waals surface area (Å²) in [5.74, 6) is 0. The van der Waals surface area contributed by atoms with Gasteiger partial charge in [0, 0.05) is 19.6 Å². The quantitative estimate of drug-likeness (QED) is 0.641. The third-order valence-electron chi connectivity index (χ3n) is 3.28. The first-order valence-electron chi connectivity index (χ1n) is 5.76. The third kappa shape index (κ3) is 2.13. The number of hydrogen-bond acceptors (Lipinski definition) is 5. The monoisotopic (exact) mass is 246 g/mol. The summed E-state index contributed by atoms with van der Waals surface area (Å²) < 4.78 is 0. The molecule has 2 rings (SSSR count). The van der Waals surface area contributed by atoms with Crippen LogP contribution >= 0.6 is 0 Å². The summed E-state index contributed by atoms with van der Waals surface area (Å²) in [5, 5.41) is 23.3. The van der Waals surface area contributed by atoms with Crippen LogP contribution in [0.25, 0.3) is 0 Å². The Hall–Kier alpha value is -2.13. The van der Waals surface area contributed by atoms with E-state index in [-0.39, 0.29) is 17.3 Å². The topological polar surface area (TPSA) is 82.2 Å². The van der Waals surface area contributed by atoms with Crippen LogP contribution in [0.5, 0.6) is 0 Å². The van der Waals surface area contributed by atoms with Crippen molar-refractivity contribution in [3.63, 3.8) is 0 Å². The highest BCUT2D eigenvalue weighted by molar-refractivity contribution is 5.70. The molecule has 1 aliphatic heterocycles. The Morgan fingerprint density at radius 3 is 2.94 bits per heavy atom. The van der Waals surface area contributed by atoms with Gasteiger partial charge in [0.15, 0.2) is 0 Å². The number of nitrogens with zero attached hydrogens (tertiary/aromatic N) is 3. The van der Waals surface area contributed by atoms with Crippen molar-refractivity contribution in [3.05, 3.63) is 33.9 Å². The van der Waals surface area contributed by atoms with E-state index in [2.05, 4.69) is 5.32 Å². The molecule has 0 spiro atoms. The molecule has 1 aromatic rings. The standard InChI is InChI=1S/C12H14N4O2/c1-15(10-5-6-14-8-10)11-4-2-3-9(7-13)12(11)16(17)18/h2-4,10,14H,5-6,8H2,1H3. The van der Waals surface area contributed by atoms with Crippen molar-refractivity contribution in [2.75, 3.05) is 25.0 Å². The SMILES string of the molecule is CN(c1cccc(C#N)c1[N+](=O)[O-])C1CCNC1. The fraction of sp³-hybridized carbons (Fsp3) is 0.417. The van der Waals surface area contributed by atoms with Gasteiger partial charge in [-0.25, -0.2) is 0 Å². The van der Waals surface area contributed by atoms with Crippen molar-refractivity contribution in [1.29, 1.82) is 5.26 Å². The molecule has 0 radical (unpaired) electrons. The first kappa shape index (κ1) is 12.3. The van der Waals surface area contributed by atoms with Crippen molar-refractivity contribution >= 4 is 11.4 Å². The number of benzene rings is 1. The fourth-order valence-corrected chi connectivity index (χ4v) is 2.26. The molecule has 0 bridgehead atoms.